The molecule has 0 radical (unpaired) electrons. The molecule has 1 fully saturated rings. The van der Waals surface area contributed by atoms with E-state index in [2.05, 4.69) is 22.1 Å². The van der Waals surface area contributed by atoms with Crippen molar-refractivity contribution in [3.05, 3.63) is 59.2 Å². The van der Waals surface area contributed by atoms with Gasteiger partial charge >= 0.3 is 0 Å². The minimum absolute atomic E-state index is 0.656. The second-order valence-corrected chi connectivity index (χ2v) is 5.23. The summed E-state index contributed by atoms with van der Waals surface area (Å²) < 4.78 is 0. The van der Waals surface area contributed by atoms with Crippen LogP contribution in [0.15, 0.2) is 36.5 Å². The van der Waals surface area contributed by atoms with E-state index < -0.39 is 6.10 Å². The van der Waals surface area contributed by atoms with E-state index in [-0.39, 0.29) is 0 Å². The predicted octanol–water partition coefficient (Wildman–Crippen LogP) is 3.13. The molecule has 0 aliphatic heterocycles. The zero-order valence-electron chi connectivity index (χ0n) is 11.1. The molecule has 0 bridgehead atoms. The molecule has 3 heteroatoms. The van der Waals surface area contributed by atoms with Gasteiger partial charge in [0.15, 0.2) is 0 Å². The molecule has 98 valence electrons. The normalized spacial score (nSPS) is 16.9. The lowest BCUT2D eigenvalue weighted by Gasteiger charge is -2.26. The zero-order chi connectivity index (χ0) is 13.2. The van der Waals surface area contributed by atoms with Crippen LogP contribution in [0.1, 0.15) is 53.9 Å². The monoisotopic (exact) mass is 254 g/mol. The summed E-state index contributed by atoms with van der Waals surface area (Å²) in [4.78, 5) is 8.32. The van der Waals surface area contributed by atoms with E-state index >= 15 is 0 Å². The molecule has 0 amide bonds. The van der Waals surface area contributed by atoms with E-state index in [1.54, 1.807) is 12.3 Å². The Balaban J connectivity index is 1.81. The number of rotatable bonds is 3. The van der Waals surface area contributed by atoms with Crippen molar-refractivity contribution in [3.63, 3.8) is 0 Å². The van der Waals surface area contributed by atoms with E-state index in [1.807, 2.05) is 19.1 Å². The highest BCUT2D eigenvalue weighted by Crippen LogP contribution is 2.36. The lowest BCUT2D eigenvalue weighted by atomic mass is 9.80. The molecule has 1 heterocycles. The Morgan fingerprint density at radius 1 is 1.16 bits per heavy atom. The minimum Gasteiger partial charge on any atom is -0.382 e. The van der Waals surface area contributed by atoms with Crippen molar-refractivity contribution < 1.29 is 5.11 Å². The summed E-state index contributed by atoms with van der Waals surface area (Å²) in [6.07, 6.45) is 4.95. The fraction of sp³-hybridized carbons (Fsp3) is 0.375. The smallest absolute Gasteiger partial charge is 0.125 e. The van der Waals surface area contributed by atoms with Crippen LogP contribution in [0.3, 0.4) is 0 Å². The highest BCUT2D eigenvalue weighted by molar-refractivity contribution is 5.31. The van der Waals surface area contributed by atoms with Crippen molar-refractivity contribution in [1.29, 1.82) is 0 Å². The number of hydrogen-bond donors (Lipinski definition) is 1. The Morgan fingerprint density at radius 2 is 1.89 bits per heavy atom. The van der Waals surface area contributed by atoms with Gasteiger partial charge in [-0.05, 0) is 42.9 Å². The third-order valence-electron chi connectivity index (χ3n) is 3.91. The predicted molar refractivity (Wildman–Crippen MR) is 73.9 cm³/mol. The van der Waals surface area contributed by atoms with Gasteiger partial charge in [-0.2, -0.15) is 0 Å². The fourth-order valence-corrected chi connectivity index (χ4v) is 2.49. The van der Waals surface area contributed by atoms with Gasteiger partial charge in [0.25, 0.3) is 0 Å². The number of nitrogens with zero attached hydrogens (tertiary/aromatic N) is 2. The Bertz CT molecular complexity index is 561. The Kier molecular flexibility index (Phi) is 3.30. The number of aromatic nitrogens is 2. The molecule has 1 unspecified atom stereocenters. The first-order valence-corrected chi connectivity index (χ1v) is 6.81. The van der Waals surface area contributed by atoms with Gasteiger partial charge in [-0.15, -0.1) is 0 Å². The van der Waals surface area contributed by atoms with Crippen molar-refractivity contribution in [1.82, 2.24) is 9.97 Å². The Labute approximate surface area is 113 Å². The average Bonchev–Trinajstić information content (AvgIpc) is 2.37. The van der Waals surface area contributed by atoms with Crippen molar-refractivity contribution in [2.75, 3.05) is 0 Å². The number of benzene rings is 1. The van der Waals surface area contributed by atoms with Crippen LogP contribution in [0.4, 0.5) is 0 Å². The molecule has 3 rings (SSSR count). The minimum atomic E-state index is -0.669. The van der Waals surface area contributed by atoms with Gasteiger partial charge in [0.05, 0.1) is 5.69 Å². The maximum absolute atomic E-state index is 10.3. The first-order chi connectivity index (χ1) is 9.24. The molecular formula is C16H18N2O. The maximum Gasteiger partial charge on any atom is 0.125 e. The van der Waals surface area contributed by atoms with Crippen LogP contribution >= 0.6 is 0 Å². The van der Waals surface area contributed by atoms with Gasteiger partial charge in [-0.3, -0.25) is 0 Å². The SMILES string of the molecule is Cc1nccc(C(O)c2ccc(C3CCC3)cc2)n1. The standard InChI is InChI=1S/C16H18N2O/c1-11-17-10-9-15(18-11)16(19)14-7-5-13(6-8-14)12-3-2-4-12/h5-10,12,16,19H,2-4H2,1H3. The van der Waals surface area contributed by atoms with Crippen LogP contribution in [0.5, 0.6) is 0 Å². The maximum atomic E-state index is 10.3. The van der Waals surface area contributed by atoms with Gasteiger partial charge in [0.2, 0.25) is 0 Å². The lowest BCUT2D eigenvalue weighted by Crippen LogP contribution is -2.09. The fourth-order valence-electron chi connectivity index (χ4n) is 2.49. The first kappa shape index (κ1) is 12.3. The average molecular weight is 254 g/mol. The van der Waals surface area contributed by atoms with Crippen LogP contribution in [-0.2, 0) is 0 Å². The van der Waals surface area contributed by atoms with Crippen LogP contribution in [0, 0.1) is 6.92 Å². The van der Waals surface area contributed by atoms with Crippen molar-refractivity contribution in [3.8, 4) is 0 Å². The lowest BCUT2D eigenvalue weighted by molar-refractivity contribution is 0.215. The quantitative estimate of drug-likeness (QED) is 0.915. The molecule has 1 N–H and O–H groups in total. The van der Waals surface area contributed by atoms with E-state index in [4.69, 9.17) is 0 Å². The number of hydrogen-bond acceptors (Lipinski definition) is 3. The summed E-state index contributed by atoms with van der Waals surface area (Å²) in [5, 5.41) is 10.3. The molecule has 1 aliphatic rings. The molecular weight excluding hydrogens is 236 g/mol. The van der Waals surface area contributed by atoms with E-state index in [9.17, 15) is 5.11 Å². The van der Waals surface area contributed by atoms with E-state index in [1.165, 1.54) is 24.8 Å². The second-order valence-electron chi connectivity index (χ2n) is 5.23. The molecule has 1 saturated carbocycles. The third kappa shape index (κ3) is 2.51. The summed E-state index contributed by atoms with van der Waals surface area (Å²) in [7, 11) is 0. The van der Waals surface area contributed by atoms with E-state index in [0.29, 0.717) is 11.5 Å². The van der Waals surface area contributed by atoms with Crippen LogP contribution in [0.25, 0.3) is 0 Å². The molecule has 1 aromatic heterocycles. The molecule has 1 aliphatic carbocycles. The number of aliphatic hydroxyl groups excluding tert-OH is 1. The molecule has 3 nitrogen and oxygen atoms in total. The molecule has 19 heavy (non-hydrogen) atoms. The van der Waals surface area contributed by atoms with Gasteiger partial charge in [-0.25, -0.2) is 9.97 Å². The van der Waals surface area contributed by atoms with Gasteiger partial charge in [0, 0.05) is 6.20 Å². The summed E-state index contributed by atoms with van der Waals surface area (Å²) in [5.74, 6) is 1.41. The Hall–Kier alpha value is -1.74. The zero-order valence-corrected chi connectivity index (χ0v) is 11.1. The van der Waals surface area contributed by atoms with Crippen molar-refractivity contribution in [2.45, 2.75) is 38.2 Å². The summed E-state index contributed by atoms with van der Waals surface area (Å²) in [6, 6.07) is 10.1. The topological polar surface area (TPSA) is 46.0 Å². The summed E-state index contributed by atoms with van der Waals surface area (Å²) in [6.45, 7) is 1.83. The van der Waals surface area contributed by atoms with Crippen molar-refractivity contribution in [2.24, 2.45) is 0 Å². The molecule has 0 spiro atoms. The molecule has 1 aromatic carbocycles. The van der Waals surface area contributed by atoms with Crippen molar-refractivity contribution >= 4 is 0 Å². The van der Waals surface area contributed by atoms with Crippen LogP contribution < -0.4 is 0 Å². The number of aliphatic hydroxyl groups is 1. The molecule has 2 aromatic rings. The van der Waals surface area contributed by atoms with Crippen LogP contribution in [-0.4, -0.2) is 15.1 Å². The van der Waals surface area contributed by atoms with Crippen LogP contribution in [0.2, 0.25) is 0 Å². The van der Waals surface area contributed by atoms with Gasteiger partial charge in [0.1, 0.15) is 11.9 Å². The van der Waals surface area contributed by atoms with Gasteiger partial charge < -0.3 is 5.11 Å². The largest absolute Gasteiger partial charge is 0.382 e. The third-order valence-corrected chi connectivity index (χ3v) is 3.91. The highest BCUT2D eigenvalue weighted by Gasteiger charge is 2.20. The van der Waals surface area contributed by atoms with Gasteiger partial charge in [-0.1, -0.05) is 30.7 Å². The molecule has 0 saturated heterocycles. The summed E-state index contributed by atoms with van der Waals surface area (Å²) in [5.41, 5.74) is 2.94. The Morgan fingerprint density at radius 3 is 2.47 bits per heavy atom. The first-order valence-electron chi connectivity index (χ1n) is 6.81. The molecule has 1 atom stereocenters. The van der Waals surface area contributed by atoms with E-state index in [0.717, 1.165) is 11.5 Å². The number of aryl methyl sites for hydroxylation is 1. The second kappa shape index (κ2) is 5.10. The summed E-state index contributed by atoms with van der Waals surface area (Å²) >= 11 is 0. The highest BCUT2D eigenvalue weighted by atomic mass is 16.3.